The second-order valence-corrected chi connectivity index (χ2v) is 2.98. The van der Waals surface area contributed by atoms with Crippen molar-refractivity contribution in [3.05, 3.63) is 29.6 Å². The highest BCUT2D eigenvalue weighted by Crippen LogP contribution is 2.23. The minimum atomic E-state index is -1.21. The molecule has 0 aliphatic heterocycles. The highest BCUT2D eigenvalue weighted by atomic mass is 19.1. The van der Waals surface area contributed by atoms with Crippen molar-refractivity contribution in [2.24, 2.45) is 0 Å². The van der Waals surface area contributed by atoms with Crippen molar-refractivity contribution in [3.8, 4) is 5.75 Å². The normalized spacial score (nSPS) is 12.1. The number of carbonyl (C=O) groups is 1. The number of esters is 1. The number of hydrogen-bond donors (Lipinski definition) is 0. The van der Waals surface area contributed by atoms with E-state index in [-0.39, 0.29) is 0 Å². The third-order valence-corrected chi connectivity index (χ3v) is 1.79. The van der Waals surface area contributed by atoms with E-state index in [0.717, 1.165) is 7.11 Å². The van der Waals surface area contributed by atoms with Crippen molar-refractivity contribution in [3.63, 3.8) is 0 Å². The average Bonchev–Trinajstić information content (AvgIpc) is 2.21. The number of benzene rings is 1. The third kappa shape index (κ3) is 2.65. The van der Waals surface area contributed by atoms with E-state index in [2.05, 4.69) is 4.74 Å². The monoisotopic (exact) mass is 234 g/mol. The van der Waals surface area contributed by atoms with Crippen LogP contribution in [-0.4, -0.2) is 19.2 Å². The van der Waals surface area contributed by atoms with Gasteiger partial charge in [-0.05, 0) is 6.92 Å². The van der Waals surface area contributed by atoms with Crippen molar-refractivity contribution in [2.75, 3.05) is 7.11 Å². The van der Waals surface area contributed by atoms with Crippen LogP contribution in [-0.2, 0) is 9.53 Å². The van der Waals surface area contributed by atoms with Gasteiger partial charge in [0.1, 0.15) is 5.82 Å². The molecule has 3 nitrogen and oxygen atoms in total. The lowest BCUT2D eigenvalue weighted by Gasteiger charge is -2.13. The summed E-state index contributed by atoms with van der Waals surface area (Å²) in [6, 6.07) is 0.921. The zero-order valence-electron chi connectivity index (χ0n) is 8.59. The first-order valence-electron chi connectivity index (χ1n) is 4.34. The van der Waals surface area contributed by atoms with Gasteiger partial charge in [-0.1, -0.05) is 0 Å². The summed E-state index contributed by atoms with van der Waals surface area (Å²) in [6.07, 6.45) is -1.18. The third-order valence-electron chi connectivity index (χ3n) is 1.79. The largest absolute Gasteiger partial charge is 0.473 e. The van der Waals surface area contributed by atoms with Crippen LogP contribution in [0.15, 0.2) is 12.1 Å². The fourth-order valence-corrected chi connectivity index (χ4v) is 1.03. The first-order chi connectivity index (χ1) is 7.45. The predicted octanol–water partition coefficient (Wildman–Crippen LogP) is 2.04. The van der Waals surface area contributed by atoms with Crippen LogP contribution >= 0.6 is 0 Å². The zero-order valence-corrected chi connectivity index (χ0v) is 8.59. The highest BCUT2D eigenvalue weighted by Gasteiger charge is 2.20. The Morgan fingerprint density at radius 3 is 2.19 bits per heavy atom. The molecule has 0 fully saturated rings. The summed E-state index contributed by atoms with van der Waals surface area (Å²) in [5, 5.41) is 0. The van der Waals surface area contributed by atoms with Gasteiger partial charge in [-0.25, -0.2) is 18.0 Å². The minimum absolute atomic E-state index is 0.461. The van der Waals surface area contributed by atoms with Crippen molar-refractivity contribution < 1.29 is 27.4 Å². The minimum Gasteiger partial charge on any atom is -0.473 e. The molecule has 0 radical (unpaired) electrons. The zero-order chi connectivity index (χ0) is 12.3. The standard InChI is InChI=1S/C10H9F3O3/c1-5(10(14)15-2)16-9-7(12)3-6(11)4-8(9)13/h3-5H,1-2H3. The Labute approximate surface area is 89.8 Å². The number of methoxy groups -OCH3 is 1. The first-order valence-corrected chi connectivity index (χ1v) is 4.34. The molecule has 0 aliphatic carbocycles. The van der Waals surface area contributed by atoms with Gasteiger partial charge in [-0.3, -0.25) is 0 Å². The van der Waals surface area contributed by atoms with E-state index >= 15 is 0 Å². The van der Waals surface area contributed by atoms with Gasteiger partial charge in [0.15, 0.2) is 23.5 Å². The van der Waals surface area contributed by atoms with Crippen molar-refractivity contribution in [2.45, 2.75) is 13.0 Å². The Kier molecular flexibility index (Phi) is 3.76. The van der Waals surface area contributed by atoms with E-state index in [4.69, 9.17) is 4.74 Å². The van der Waals surface area contributed by atoms with Crippen LogP contribution in [0.1, 0.15) is 6.92 Å². The van der Waals surface area contributed by atoms with Crippen LogP contribution in [0.3, 0.4) is 0 Å². The molecular weight excluding hydrogens is 225 g/mol. The van der Waals surface area contributed by atoms with Crippen LogP contribution in [0.2, 0.25) is 0 Å². The maximum absolute atomic E-state index is 13.1. The van der Waals surface area contributed by atoms with Crippen LogP contribution < -0.4 is 4.74 Å². The summed E-state index contributed by atoms with van der Waals surface area (Å²) in [7, 11) is 1.11. The molecular formula is C10H9F3O3. The quantitative estimate of drug-likeness (QED) is 0.751. The summed E-state index contributed by atoms with van der Waals surface area (Å²) in [6.45, 7) is 1.26. The SMILES string of the molecule is COC(=O)C(C)Oc1c(F)cc(F)cc1F. The molecule has 0 saturated carbocycles. The van der Waals surface area contributed by atoms with Crippen molar-refractivity contribution >= 4 is 5.97 Å². The van der Waals surface area contributed by atoms with Gasteiger partial charge in [0.25, 0.3) is 0 Å². The van der Waals surface area contributed by atoms with E-state index in [9.17, 15) is 18.0 Å². The van der Waals surface area contributed by atoms with Crippen LogP contribution in [0, 0.1) is 17.5 Å². The summed E-state index contributed by atoms with van der Waals surface area (Å²) < 4.78 is 47.7. The first kappa shape index (κ1) is 12.4. The summed E-state index contributed by atoms with van der Waals surface area (Å²) in [5.74, 6) is -5.09. The fourth-order valence-electron chi connectivity index (χ4n) is 1.03. The molecule has 1 aromatic carbocycles. The lowest BCUT2D eigenvalue weighted by molar-refractivity contribution is -0.148. The number of hydrogen-bond acceptors (Lipinski definition) is 3. The molecule has 1 unspecified atom stereocenters. The molecule has 1 rings (SSSR count). The second-order valence-electron chi connectivity index (χ2n) is 2.98. The topological polar surface area (TPSA) is 35.5 Å². The Balaban J connectivity index is 2.93. The van der Waals surface area contributed by atoms with E-state index in [1.54, 1.807) is 0 Å². The van der Waals surface area contributed by atoms with Gasteiger partial charge >= 0.3 is 5.97 Å². The molecule has 0 N–H and O–H groups in total. The molecule has 0 amide bonds. The highest BCUT2D eigenvalue weighted by molar-refractivity contribution is 5.74. The molecule has 0 aromatic heterocycles. The van der Waals surface area contributed by atoms with E-state index in [1.165, 1.54) is 6.92 Å². The maximum Gasteiger partial charge on any atom is 0.346 e. The van der Waals surface area contributed by atoms with E-state index < -0.39 is 35.3 Å². The molecule has 0 heterocycles. The summed E-state index contributed by atoms with van der Waals surface area (Å²) in [4.78, 5) is 10.9. The fraction of sp³-hybridized carbons (Fsp3) is 0.300. The Morgan fingerprint density at radius 2 is 1.75 bits per heavy atom. The molecule has 0 bridgehead atoms. The van der Waals surface area contributed by atoms with E-state index in [0.29, 0.717) is 12.1 Å². The molecule has 88 valence electrons. The number of rotatable bonds is 3. The Bertz CT molecular complexity index is 383. The molecule has 16 heavy (non-hydrogen) atoms. The molecule has 0 spiro atoms. The summed E-state index contributed by atoms with van der Waals surface area (Å²) in [5.41, 5.74) is 0. The van der Waals surface area contributed by atoms with Gasteiger partial charge in [-0.15, -0.1) is 0 Å². The Hall–Kier alpha value is -1.72. The lowest BCUT2D eigenvalue weighted by Crippen LogP contribution is -2.25. The number of halogens is 3. The summed E-state index contributed by atoms with van der Waals surface area (Å²) >= 11 is 0. The van der Waals surface area contributed by atoms with Gasteiger partial charge in [0.2, 0.25) is 0 Å². The van der Waals surface area contributed by atoms with Crippen LogP contribution in [0.5, 0.6) is 5.75 Å². The average molecular weight is 234 g/mol. The molecule has 0 aliphatic rings. The predicted molar refractivity (Wildman–Crippen MR) is 48.4 cm³/mol. The molecule has 1 atom stereocenters. The van der Waals surface area contributed by atoms with Crippen LogP contribution in [0.25, 0.3) is 0 Å². The smallest absolute Gasteiger partial charge is 0.346 e. The Morgan fingerprint density at radius 1 is 1.25 bits per heavy atom. The van der Waals surface area contributed by atoms with Crippen LogP contribution in [0.4, 0.5) is 13.2 Å². The van der Waals surface area contributed by atoms with E-state index in [1.807, 2.05) is 0 Å². The number of ether oxygens (including phenoxy) is 2. The van der Waals surface area contributed by atoms with Gasteiger partial charge in [0, 0.05) is 12.1 Å². The molecule has 0 saturated heterocycles. The van der Waals surface area contributed by atoms with Crippen molar-refractivity contribution in [1.82, 2.24) is 0 Å². The van der Waals surface area contributed by atoms with Crippen molar-refractivity contribution in [1.29, 1.82) is 0 Å². The molecule has 6 heteroatoms. The molecule has 1 aromatic rings. The maximum atomic E-state index is 13.1. The van der Waals surface area contributed by atoms with Gasteiger partial charge < -0.3 is 9.47 Å². The lowest BCUT2D eigenvalue weighted by atomic mass is 10.3. The van der Waals surface area contributed by atoms with Gasteiger partial charge in [-0.2, -0.15) is 0 Å². The second kappa shape index (κ2) is 4.87. The van der Waals surface area contributed by atoms with Gasteiger partial charge in [0.05, 0.1) is 7.11 Å². The number of carbonyl (C=O) groups excluding carboxylic acids is 1.